The summed E-state index contributed by atoms with van der Waals surface area (Å²) >= 11 is 0. The lowest BCUT2D eigenvalue weighted by atomic mass is 10.1. The Bertz CT molecular complexity index is 1040. The number of rotatable bonds is 1. The zero-order valence-electron chi connectivity index (χ0n) is 13.5. The number of amides is 1. The van der Waals surface area contributed by atoms with Crippen molar-refractivity contribution in [2.75, 3.05) is 6.26 Å². The first kappa shape index (κ1) is 17.8. The second-order valence-corrected chi connectivity index (χ2v) is 6.82. The molecule has 1 amide bonds. The molecular formula is C16H17N3O4S. The Morgan fingerprint density at radius 2 is 1.83 bits per heavy atom. The highest BCUT2D eigenvalue weighted by Crippen LogP contribution is 2.12. The predicted molar refractivity (Wildman–Crippen MR) is 90.9 cm³/mol. The zero-order valence-corrected chi connectivity index (χ0v) is 14.3. The van der Waals surface area contributed by atoms with E-state index in [2.05, 4.69) is 16.6 Å². The van der Waals surface area contributed by atoms with Crippen LogP contribution in [0, 0.1) is 13.8 Å². The van der Waals surface area contributed by atoms with Crippen LogP contribution in [0.3, 0.4) is 0 Å². The first-order chi connectivity index (χ1) is 11.0. The predicted octanol–water partition coefficient (Wildman–Crippen LogP) is 0.576. The Balaban J connectivity index is 0.000000368. The molecule has 0 saturated heterocycles. The van der Waals surface area contributed by atoms with E-state index in [9.17, 15) is 13.2 Å². The van der Waals surface area contributed by atoms with E-state index in [1.54, 1.807) is 6.08 Å². The molecule has 2 heterocycles. The van der Waals surface area contributed by atoms with Crippen LogP contribution in [-0.2, 0) is 14.9 Å². The molecule has 0 radical (unpaired) electrons. The third-order valence-corrected chi connectivity index (χ3v) is 3.11. The van der Waals surface area contributed by atoms with Crippen LogP contribution < -0.4 is 10.6 Å². The van der Waals surface area contributed by atoms with E-state index in [-0.39, 0.29) is 5.91 Å². The number of carbonyl (C=O) groups excluding carboxylic acids is 1. The summed E-state index contributed by atoms with van der Waals surface area (Å²) in [4.78, 5) is 19.7. The summed E-state index contributed by atoms with van der Waals surface area (Å²) in [5, 5.41) is 1.40. The molecule has 0 bridgehead atoms. The molecule has 1 aromatic carbocycles. The van der Waals surface area contributed by atoms with Crippen LogP contribution in [0.15, 0.2) is 29.4 Å². The molecule has 3 rings (SSSR count). The Labute approximate surface area is 139 Å². The van der Waals surface area contributed by atoms with Gasteiger partial charge in [-0.3, -0.25) is 9.35 Å². The van der Waals surface area contributed by atoms with Gasteiger partial charge in [0.25, 0.3) is 16.0 Å². The van der Waals surface area contributed by atoms with Crippen LogP contribution in [0.25, 0.3) is 18.3 Å². The van der Waals surface area contributed by atoms with Crippen molar-refractivity contribution in [1.82, 2.24) is 9.55 Å². The molecule has 1 N–H and O–H groups in total. The van der Waals surface area contributed by atoms with Gasteiger partial charge < -0.3 is 4.57 Å². The van der Waals surface area contributed by atoms with Crippen molar-refractivity contribution >= 4 is 28.7 Å². The minimum Gasteiger partial charge on any atom is -0.304 e. The Kier molecular flexibility index (Phi) is 4.81. The van der Waals surface area contributed by atoms with Crippen LogP contribution in [0.1, 0.15) is 17.1 Å². The van der Waals surface area contributed by atoms with Crippen molar-refractivity contribution < 1.29 is 17.8 Å². The van der Waals surface area contributed by atoms with Gasteiger partial charge in [-0.15, -0.1) is 0 Å². The van der Waals surface area contributed by atoms with E-state index in [0.717, 1.165) is 28.0 Å². The quantitative estimate of drug-likeness (QED) is 0.760. The second kappa shape index (κ2) is 6.50. The van der Waals surface area contributed by atoms with Gasteiger partial charge in [-0.25, -0.2) is 9.98 Å². The van der Waals surface area contributed by atoms with Crippen LogP contribution >= 0.6 is 0 Å². The third kappa shape index (κ3) is 4.46. The van der Waals surface area contributed by atoms with Gasteiger partial charge in [-0.05, 0) is 37.3 Å². The highest BCUT2D eigenvalue weighted by molar-refractivity contribution is 7.85. The number of hydrogen-bond donors (Lipinski definition) is 1. The summed E-state index contributed by atoms with van der Waals surface area (Å²) in [5.41, 5.74) is 2.86. The van der Waals surface area contributed by atoms with Gasteiger partial charge in [-0.1, -0.05) is 6.58 Å². The normalized spacial score (nSPS) is 12.9. The largest absolute Gasteiger partial charge is 0.304 e. The molecule has 1 aromatic heterocycles. The fourth-order valence-corrected chi connectivity index (χ4v) is 2.29. The van der Waals surface area contributed by atoms with Gasteiger partial charge in [0.1, 0.15) is 5.82 Å². The van der Waals surface area contributed by atoms with Crippen molar-refractivity contribution in [3.63, 3.8) is 0 Å². The summed E-state index contributed by atoms with van der Waals surface area (Å²) in [5.74, 6) is 0.685. The zero-order chi connectivity index (χ0) is 18.1. The molecule has 0 unspecified atom stereocenters. The van der Waals surface area contributed by atoms with E-state index in [1.807, 2.05) is 36.7 Å². The fourth-order valence-electron chi connectivity index (χ4n) is 2.29. The summed E-state index contributed by atoms with van der Waals surface area (Å²) in [6.45, 7) is 7.89. The number of fused-ring (bicyclic) bond motifs is 1. The molecule has 0 saturated carbocycles. The number of hydrogen-bond acceptors (Lipinski definition) is 4. The van der Waals surface area contributed by atoms with E-state index in [0.29, 0.717) is 11.6 Å². The van der Waals surface area contributed by atoms with Crippen molar-refractivity contribution in [3.05, 3.63) is 52.1 Å². The smallest absolute Gasteiger partial charge is 0.270 e. The summed E-state index contributed by atoms with van der Waals surface area (Å²) < 4.78 is 27.9. The van der Waals surface area contributed by atoms with E-state index in [1.165, 1.54) is 6.08 Å². The van der Waals surface area contributed by atoms with Gasteiger partial charge in [0.05, 0.1) is 17.3 Å². The van der Waals surface area contributed by atoms with Crippen LogP contribution in [-0.4, -0.2) is 34.7 Å². The number of nitrogens with zero attached hydrogens (tertiary/aromatic N) is 3. The number of benzene rings is 1. The maximum absolute atomic E-state index is 11.3. The minimum absolute atomic E-state index is 0.236. The highest BCUT2D eigenvalue weighted by atomic mass is 32.2. The Hall–Kier alpha value is -2.58. The third-order valence-electron chi connectivity index (χ3n) is 3.11. The average Bonchev–Trinajstić information content (AvgIpc) is 2.76. The van der Waals surface area contributed by atoms with Gasteiger partial charge in [0, 0.05) is 23.5 Å². The highest BCUT2D eigenvalue weighted by Gasteiger charge is 2.09. The van der Waals surface area contributed by atoms with E-state index < -0.39 is 10.1 Å². The second-order valence-electron chi connectivity index (χ2n) is 5.36. The van der Waals surface area contributed by atoms with Crippen LogP contribution in [0.4, 0.5) is 0 Å². The van der Waals surface area contributed by atoms with Crippen LogP contribution in [0.2, 0.25) is 0 Å². The lowest BCUT2D eigenvalue weighted by molar-refractivity contribution is -0.113. The molecule has 1 aliphatic rings. The maximum Gasteiger partial charge on any atom is 0.270 e. The minimum atomic E-state index is -3.67. The maximum atomic E-state index is 11.3. The number of imidazole rings is 1. The Morgan fingerprint density at radius 1 is 1.21 bits per heavy atom. The molecule has 0 fully saturated rings. The summed E-state index contributed by atoms with van der Waals surface area (Å²) in [6.07, 6.45) is 5.94. The van der Waals surface area contributed by atoms with E-state index >= 15 is 0 Å². The lowest BCUT2D eigenvalue weighted by Crippen LogP contribution is -2.30. The molecule has 126 valence electrons. The first-order valence-electron chi connectivity index (χ1n) is 6.94. The molecule has 0 aliphatic carbocycles. The fraction of sp³-hybridized carbons (Fsp3) is 0.188. The standard InChI is InChI=1S/C15H13N3O.CH4O3S/c1-9-6-13(18-8-10(2)16-11(18)3)7-12-4-5-14(19)17-15(9)12;1-5(2,3)4/h4-8H,1H2,2-3H3;1H3,(H,2,3,4). The topological polar surface area (TPSA) is 102 Å². The molecule has 24 heavy (non-hydrogen) atoms. The van der Waals surface area contributed by atoms with Gasteiger partial charge in [0.15, 0.2) is 0 Å². The number of aryl methyl sites for hydroxylation is 2. The average molecular weight is 347 g/mol. The molecule has 2 aromatic rings. The van der Waals surface area contributed by atoms with Gasteiger partial charge >= 0.3 is 0 Å². The Morgan fingerprint density at radius 3 is 2.38 bits per heavy atom. The monoisotopic (exact) mass is 347 g/mol. The van der Waals surface area contributed by atoms with Gasteiger partial charge in [-0.2, -0.15) is 8.42 Å². The SMILES string of the molecule is C=c1cc(-n2cc(C)nc2C)cc2c1=NC(=O)C=C2.CS(=O)(=O)O. The molecule has 0 atom stereocenters. The first-order valence-corrected chi connectivity index (χ1v) is 8.78. The molecule has 7 nitrogen and oxygen atoms in total. The number of aromatic nitrogens is 2. The molecule has 8 heteroatoms. The van der Waals surface area contributed by atoms with E-state index in [4.69, 9.17) is 4.55 Å². The van der Waals surface area contributed by atoms with Crippen molar-refractivity contribution in [2.45, 2.75) is 13.8 Å². The molecule has 0 spiro atoms. The van der Waals surface area contributed by atoms with Crippen molar-refractivity contribution in [3.8, 4) is 5.69 Å². The van der Waals surface area contributed by atoms with Gasteiger partial charge in [0.2, 0.25) is 0 Å². The summed E-state index contributed by atoms with van der Waals surface area (Å²) in [7, 11) is -3.67. The summed E-state index contributed by atoms with van der Waals surface area (Å²) in [6, 6.07) is 3.91. The molecular weight excluding hydrogens is 330 g/mol. The molecule has 1 aliphatic heterocycles. The lowest BCUT2D eigenvalue weighted by Gasteiger charge is -2.08. The van der Waals surface area contributed by atoms with Crippen molar-refractivity contribution in [1.29, 1.82) is 0 Å². The van der Waals surface area contributed by atoms with Crippen LogP contribution in [0.5, 0.6) is 0 Å². The van der Waals surface area contributed by atoms with Crippen molar-refractivity contribution in [2.24, 2.45) is 4.99 Å². The number of carbonyl (C=O) groups is 1.